The molecule has 1 fully saturated rings. The summed E-state index contributed by atoms with van der Waals surface area (Å²) >= 11 is 0. The second kappa shape index (κ2) is 3.23. The zero-order valence-corrected chi connectivity index (χ0v) is 9.04. The number of hydrogen-bond acceptors (Lipinski definition) is 3. The summed E-state index contributed by atoms with van der Waals surface area (Å²) in [6.07, 6.45) is 0.0793. The van der Waals surface area contributed by atoms with E-state index in [1.165, 1.54) is 0 Å². The fourth-order valence-electron chi connectivity index (χ4n) is 1.73. The Labute approximate surface area is 80.4 Å². The molecule has 1 aliphatic heterocycles. The third-order valence-electron chi connectivity index (χ3n) is 2.85. The van der Waals surface area contributed by atoms with Crippen molar-refractivity contribution in [3.8, 4) is 0 Å². The molecule has 13 heavy (non-hydrogen) atoms. The van der Waals surface area contributed by atoms with Gasteiger partial charge in [-0.2, -0.15) is 0 Å². The molecule has 0 aromatic rings. The molecule has 0 saturated carbocycles. The molecule has 0 radical (unpaired) electrons. The maximum Gasteiger partial charge on any atom is 0.100 e. The monoisotopic (exact) mass is 187 g/mol. The summed E-state index contributed by atoms with van der Waals surface area (Å²) in [5.41, 5.74) is -0.879. The van der Waals surface area contributed by atoms with Gasteiger partial charge in [0, 0.05) is 18.6 Å². The van der Waals surface area contributed by atoms with Gasteiger partial charge in [0.15, 0.2) is 0 Å². The van der Waals surface area contributed by atoms with Crippen LogP contribution >= 0.6 is 0 Å². The van der Waals surface area contributed by atoms with Gasteiger partial charge < -0.3 is 10.2 Å². The van der Waals surface area contributed by atoms with Gasteiger partial charge in [-0.3, -0.25) is 4.90 Å². The Morgan fingerprint density at radius 2 is 1.92 bits per heavy atom. The van der Waals surface area contributed by atoms with E-state index in [2.05, 4.69) is 25.7 Å². The molecule has 78 valence electrons. The number of piperidine rings is 1. The van der Waals surface area contributed by atoms with E-state index in [9.17, 15) is 10.2 Å². The zero-order valence-electron chi connectivity index (χ0n) is 9.04. The molecule has 3 nitrogen and oxygen atoms in total. The SMILES string of the molecule is CC1(O)CN(C(C)(C)C)CCC1O. The molecular weight excluding hydrogens is 166 g/mol. The summed E-state index contributed by atoms with van der Waals surface area (Å²) in [6, 6.07) is 0. The topological polar surface area (TPSA) is 43.7 Å². The van der Waals surface area contributed by atoms with E-state index in [1.54, 1.807) is 6.92 Å². The van der Waals surface area contributed by atoms with Crippen molar-refractivity contribution < 1.29 is 10.2 Å². The Morgan fingerprint density at radius 1 is 1.38 bits per heavy atom. The van der Waals surface area contributed by atoms with Crippen molar-refractivity contribution in [1.29, 1.82) is 0 Å². The van der Waals surface area contributed by atoms with Crippen molar-refractivity contribution in [3.63, 3.8) is 0 Å². The van der Waals surface area contributed by atoms with Gasteiger partial charge in [-0.25, -0.2) is 0 Å². The van der Waals surface area contributed by atoms with Crippen LogP contribution in [-0.2, 0) is 0 Å². The molecule has 3 heteroatoms. The second-order valence-corrected chi connectivity index (χ2v) is 5.25. The van der Waals surface area contributed by atoms with E-state index < -0.39 is 11.7 Å². The first-order valence-corrected chi connectivity index (χ1v) is 4.89. The molecule has 0 aromatic carbocycles. The van der Waals surface area contributed by atoms with E-state index in [0.29, 0.717) is 13.0 Å². The maximum absolute atomic E-state index is 9.89. The Bertz CT molecular complexity index is 184. The van der Waals surface area contributed by atoms with Gasteiger partial charge in [-0.15, -0.1) is 0 Å². The van der Waals surface area contributed by atoms with E-state index in [1.807, 2.05) is 0 Å². The minimum Gasteiger partial charge on any atom is -0.390 e. The summed E-state index contributed by atoms with van der Waals surface area (Å²) in [4.78, 5) is 2.21. The maximum atomic E-state index is 9.89. The fourth-order valence-corrected chi connectivity index (χ4v) is 1.73. The third-order valence-corrected chi connectivity index (χ3v) is 2.85. The Balaban J connectivity index is 2.66. The second-order valence-electron chi connectivity index (χ2n) is 5.25. The van der Waals surface area contributed by atoms with Crippen LogP contribution in [0.2, 0.25) is 0 Å². The van der Waals surface area contributed by atoms with Gasteiger partial charge in [-0.1, -0.05) is 0 Å². The molecule has 1 saturated heterocycles. The zero-order chi connectivity index (χ0) is 10.3. The molecule has 2 atom stereocenters. The molecule has 2 N–H and O–H groups in total. The number of aliphatic hydroxyl groups is 2. The Kier molecular flexibility index (Phi) is 2.72. The number of hydrogen-bond donors (Lipinski definition) is 2. The van der Waals surface area contributed by atoms with Crippen LogP contribution in [0.1, 0.15) is 34.1 Å². The largest absolute Gasteiger partial charge is 0.390 e. The summed E-state index contributed by atoms with van der Waals surface area (Å²) in [7, 11) is 0. The van der Waals surface area contributed by atoms with Crippen molar-refractivity contribution >= 4 is 0 Å². The van der Waals surface area contributed by atoms with Crippen molar-refractivity contribution in [1.82, 2.24) is 4.90 Å². The van der Waals surface area contributed by atoms with Crippen LogP contribution in [0.15, 0.2) is 0 Å². The van der Waals surface area contributed by atoms with E-state index in [4.69, 9.17) is 0 Å². The lowest BCUT2D eigenvalue weighted by molar-refractivity contribution is -0.124. The summed E-state index contributed by atoms with van der Waals surface area (Å²) in [5.74, 6) is 0. The standard InChI is InChI=1S/C10H21NO2/c1-9(2,3)11-6-5-8(12)10(4,13)7-11/h8,12-13H,5-7H2,1-4H3. The predicted molar refractivity (Wildman–Crippen MR) is 52.6 cm³/mol. The lowest BCUT2D eigenvalue weighted by atomic mass is 9.88. The fraction of sp³-hybridized carbons (Fsp3) is 1.00. The van der Waals surface area contributed by atoms with E-state index in [0.717, 1.165) is 6.54 Å². The first-order chi connectivity index (χ1) is 5.73. The molecule has 0 aliphatic carbocycles. The average Bonchev–Trinajstić information content (AvgIpc) is 1.92. The van der Waals surface area contributed by atoms with Crippen LogP contribution in [0.3, 0.4) is 0 Å². The number of aliphatic hydroxyl groups excluding tert-OH is 1. The minimum atomic E-state index is -0.953. The quantitative estimate of drug-likeness (QED) is 0.584. The van der Waals surface area contributed by atoms with Crippen LogP contribution in [0.4, 0.5) is 0 Å². The van der Waals surface area contributed by atoms with Gasteiger partial charge in [0.1, 0.15) is 5.60 Å². The highest BCUT2D eigenvalue weighted by atomic mass is 16.3. The molecule has 1 heterocycles. The lowest BCUT2D eigenvalue weighted by Gasteiger charge is -2.46. The van der Waals surface area contributed by atoms with E-state index >= 15 is 0 Å². The highest BCUT2D eigenvalue weighted by Crippen LogP contribution is 2.26. The first-order valence-electron chi connectivity index (χ1n) is 4.89. The number of rotatable bonds is 0. The third kappa shape index (κ3) is 2.42. The van der Waals surface area contributed by atoms with Gasteiger partial charge in [0.2, 0.25) is 0 Å². The number of β-amino-alcohol motifs (C(OH)–C–C–N with tert-alkyl or cyclic N) is 1. The van der Waals surface area contributed by atoms with E-state index in [-0.39, 0.29) is 5.54 Å². The Hall–Kier alpha value is -0.120. The van der Waals surface area contributed by atoms with Gasteiger partial charge in [0.05, 0.1) is 6.10 Å². The molecule has 1 aliphatic rings. The van der Waals surface area contributed by atoms with Crippen LogP contribution in [-0.4, -0.2) is 45.4 Å². The highest BCUT2D eigenvalue weighted by molar-refractivity contribution is 4.94. The molecular formula is C10H21NO2. The lowest BCUT2D eigenvalue weighted by Crippen LogP contribution is -2.59. The predicted octanol–water partition coefficient (Wildman–Crippen LogP) is 0.602. The normalized spacial score (nSPS) is 37.8. The van der Waals surface area contributed by atoms with Crippen molar-refractivity contribution in [2.45, 2.75) is 51.4 Å². The van der Waals surface area contributed by atoms with Crippen molar-refractivity contribution in [2.75, 3.05) is 13.1 Å². The molecule has 0 bridgehead atoms. The van der Waals surface area contributed by atoms with Crippen molar-refractivity contribution in [2.24, 2.45) is 0 Å². The molecule has 0 amide bonds. The number of nitrogens with zero attached hydrogens (tertiary/aromatic N) is 1. The van der Waals surface area contributed by atoms with Gasteiger partial charge in [-0.05, 0) is 34.1 Å². The molecule has 0 aromatic heterocycles. The number of likely N-dealkylation sites (tertiary alicyclic amines) is 1. The van der Waals surface area contributed by atoms with Gasteiger partial charge in [0.25, 0.3) is 0 Å². The summed E-state index contributed by atoms with van der Waals surface area (Å²) in [6.45, 7) is 9.50. The van der Waals surface area contributed by atoms with Crippen LogP contribution < -0.4 is 0 Å². The molecule has 1 rings (SSSR count). The molecule has 2 unspecified atom stereocenters. The smallest absolute Gasteiger partial charge is 0.100 e. The van der Waals surface area contributed by atoms with Crippen LogP contribution in [0, 0.1) is 0 Å². The van der Waals surface area contributed by atoms with Gasteiger partial charge >= 0.3 is 0 Å². The minimum absolute atomic E-state index is 0.0735. The first kappa shape index (κ1) is 11.0. The van der Waals surface area contributed by atoms with Crippen LogP contribution in [0.5, 0.6) is 0 Å². The summed E-state index contributed by atoms with van der Waals surface area (Å²) < 4.78 is 0. The Morgan fingerprint density at radius 3 is 2.31 bits per heavy atom. The average molecular weight is 187 g/mol. The highest BCUT2D eigenvalue weighted by Gasteiger charge is 2.39. The van der Waals surface area contributed by atoms with Crippen LogP contribution in [0.25, 0.3) is 0 Å². The van der Waals surface area contributed by atoms with Crippen molar-refractivity contribution in [3.05, 3.63) is 0 Å². The molecule has 0 spiro atoms. The summed E-state index contributed by atoms with van der Waals surface area (Å²) in [5, 5.41) is 19.4.